The molecule has 1 rings (SSSR count). The summed E-state index contributed by atoms with van der Waals surface area (Å²) in [6.45, 7) is 5.02. The molecule has 0 aliphatic heterocycles. The first-order valence-electron chi connectivity index (χ1n) is 7.40. The zero-order valence-corrected chi connectivity index (χ0v) is 15.1. The van der Waals surface area contributed by atoms with Crippen LogP contribution in [0.4, 0.5) is 18.9 Å². The summed E-state index contributed by atoms with van der Waals surface area (Å²) in [6, 6.07) is 2.23. The highest BCUT2D eigenvalue weighted by Crippen LogP contribution is 2.36. The largest absolute Gasteiger partial charge is 0.417 e. The number of alkyl halides is 3. The highest BCUT2D eigenvalue weighted by Gasteiger charge is 2.34. The van der Waals surface area contributed by atoms with Crippen LogP contribution in [0.3, 0.4) is 0 Å². The zero-order valence-electron chi connectivity index (χ0n) is 14.4. The second kappa shape index (κ2) is 7.61. The Balaban J connectivity index is 2.79. The van der Waals surface area contributed by atoms with Gasteiger partial charge in [-0.05, 0) is 23.6 Å². The molecule has 0 heterocycles. The topological polar surface area (TPSA) is 75.4 Å². The Morgan fingerprint density at radius 3 is 2.32 bits per heavy atom. The number of amides is 2. The number of hydrogen-bond acceptors (Lipinski definition) is 3. The molecule has 9 heteroatoms. The van der Waals surface area contributed by atoms with Crippen molar-refractivity contribution in [2.75, 3.05) is 18.9 Å². The van der Waals surface area contributed by atoms with Crippen molar-refractivity contribution < 1.29 is 22.8 Å². The summed E-state index contributed by atoms with van der Waals surface area (Å²) in [5, 5.41) is 1.85. The van der Waals surface area contributed by atoms with E-state index in [1.807, 2.05) is 0 Å². The fourth-order valence-corrected chi connectivity index (χ4v) is 2.15. The van der Waals surface area contributed by atoms with Gasteiger partial charge in [0.05, 0.1) is 23.2 Å². The normalized spacial score (nSPS) is 13.3. The van der Waals surface area contributed by atoms with Gasteiger partial charge < -0.3 is 16.0 Å². The van der Waals surface area contributed by atoms with Crippen molar-refractivity contribution in [2.45, 2.75) is 33.0 Å². The molecule has 0 fully saturated rings. The van der Waals surface area contributed by atoms with Gasteiger partial charge in [0.15, 0.2) is 0 Å². The molecule has 0 bridgehead atoms. The Morgan fingerprint density at radius 2 is 1.84 bits per heavy atom. The first-order valence-corrected chi connectivity index (χ1v) is 7.78. The molecular weight excluding hydrogens is 359 g/mol. The molecule has 0 aliphatic rings. The Hall–Kier alpha value is -1.80. The molecule has 25 heavy (non-hydrogen) atoms. The molecule has 1 aromatic rings. The molecule has 5 nitrogen and oxygen atoms in total. The van der Waals surface area contributed by atoms with E-state index in [4.69, 9.17) is 17.3 Å². The summed E-state index contributed by atoms with van der Waals surface area (Å²) in [4.78, 5) is 25.3. The maximum absolute atomic E-state index is 12.8. The van der Waals surface area contributed by atoms with Crippen molar-refractivity contribution >= 4 is 29.1 Å². The second-order valence-corrected chi connectivity index (χ2v) is 7.19. The maximum atomic E-state index is 12.8. The van der Waals surface area contributed by atoms with Gasteiger partial charge in [-0.2, -0.15) is 13.2 Å². The number of likely N-dealkylation sites (N-methyl/N-ethyl adjacent to an activating group) is 1. The van der Waals surface area contributed by atoms with Crippen molar-refractivity contribution in [3.63, 3.8) is 0 Å². The van der Waals surface area contributed by atoms with Crippen LogP contribution in [0.2, 0.25) is 5.02 Å². The van der Waals surface area contributed by atoms with E-state index in [9.17, 15) is 22.8 Å². The van der Waals surface area contributed by atoms with E-state index < -0.39 is 40.0 Å². The zero-order chi connectivity index (χ0) is 19.6. The fourth-order valence-electron chi connectivity index (χ4n) is 1.92. The number of anilines is 1. The van der Waals surface area contributed by atoms with E-state index in [1.54, 1.807) is 20.8 Å². The van der Waals surface area contributed by atoms with Gasteiger partial charge in [-0.25, -0.2) is 0 Å². The number of halogens is 4. The van der Waals surface area contributed by atoms with Crippen LogP contribution in [0.5, 0.6) is 0 Å². The number of benzene rings is 1. The smallest absolute Gasteiger partial charge is 0.335 e. The standard InChI is InChI=1S/C16H21ClF3N3O2/c1-15(2,3)13(21)14(25)23(4)8-12(24)22-9-5-6-11(17)10(7-9)16(18,19)20/h5-7,13H,8,21H2,1-4H3,(H,22,24)/t13-/m1/s1. The highest BCUT2D eigenvalue weighted by atomic mass is 35.5. The van der Waals surface area contributed by atoms with Gasteiger partial charge >= 0.3 is 6.18 Å². The van der Waals surface area contributed by atoms with Crippen molar-refractivity contribution in [1.29, 1.82) is 0 Å². The average molecular weight is 380 g/mol. The average Bonchev–Trinajstić information content (AvgIpc) is 2.45. The van der Waals surface area contributed by atoms with E-state index >= 15 is 0 Å². The summed E-state index contributed by atoms with van der Waals surface area (Å²) in [5.41, 5.74) is 4.24. The number of carbonyl (C=O) groups excluding carboxylic acids is 2. The number of carbonyl (C=O) groups is 2. The third kappa shape index (κ3) is 5.89. The quantitative estimate of drug-likeness (QED) is 0.844. The first-order chi connectivity index (χ1) is 11.2. The van der Waals surface area contributed by atoms with Crippen LogP contribution in [-0.2, 0) is 15.8 Å². The molecule has 2 amide bonds. The number of rotatable bonds is 4. The number of nitrogens with two attached hydrogens (primary N) is 1. The van der Waals surface area contributed by atoms with E-state index in [-0.39, 0.29) is 12.2 Å². The maximum Gasteiger partial charge on any atom is 0.417 e. The van der Waals surface area contributed by atoms with Crippen molar-refractivity contribution in [2.24, 2.45) is 11.1 Å². The Bertz CT molecular complexity index is 657. The summed E-state index contributed by atoms with van der Waals surface area (Å²) >= 11 is 5.52. The minimum atomic E-state index is -4.63. The van der Waals surface area contributed by atoms with E-state index in [0.717, 1.165) is 17.0 Å². The van der Waals surface area contributed by atoms with Gasteiger partial charge in [0.1, 0.15) is 0 Å². The Labute approximate surface area is 149 Å². The summed E-state index contributed by atoms with van der Waals surface area (Å²) in [7, 11) is 1.40. The lowest BCUT2D eigenvalue weighted by molar-refractivity contribution is -0.137. The summed E-state index contributed by atoms with van der Waals surface area (Å²) in [6.07, 6.45) is -4.63. The van der Waals surface area contributed by atoms with E-state index in [1.165, 1.54) is 13.1 Å². The summed E-state index contributed by atoms with van der Waals surface area (Å²) in [5.74, 6) is -1.08. The third-order valence-electron chi connectivity index (χ3n) is 3.51. The molecule has 3 N–H and O–H groups in total. The predicted octanol–water partition coefficient (Wildman–Crippen LogP) is 3.13. The predicted molar refractivity (Wildman–Crippen MR) is 90.2 cm³/mol. The van der Waals surface area contributed by atoms with E-state index in [2.05, 4.69) is 5.32 Å². The lowest BCUT2D eigenvalue weighted by atomic mass is 9.86. The van der Waals surface area contributed by atoms with Crippen LogP contribution in [0.25, 0.3) is 0 Å². The SMILES string of the molecule is CN(CC(=O)Nc1ccc(Cl)c(C(F)(F)F)c1)C(=O)[C@@H](N)C(C)(C)C. The van der Waals surface area contributed by atoms with Gasteiger partial charge in [-0.15, -0.1) is 0 Å². The van der Waals surface area contributed by atoms with Gasteiger partial charge in [-0.1, -0.05) is 32.4 Å². The fraction of sp³-hybridized carbons (Fsp3) is 0.500. The van der Waals surface area contributed by atoms with Crippen LogP contribution in [-0.4, -0.2) is 36.3 Å². The molecule has 0 spiro atoms. The van der Waals surface area contributed by atoms with E-state index in [0.29, 0.717) is 0 Å². The van der Waals surface area contributed by atoms with Gasteiger partial charge in [0, 0.05) is 12.7 Å². The molecule has 1 aromatic carbocycles. The van der Waals surface area contributed by atoms with Crippen molar-refractivity contribution in [3.8, 4) is 0 Å². The third-order valence-corrected chi connectivity index (χ3v) is 3.84. The van der Waals surface area contributed by atoms with Crippen LogP contribution < -0.4 is 11.1 Å². The molecule has 1 atom stereocenters. The van der Waals surface area contributed by atoms with Crippen LogP contribution in [0, 0.1) is 5.41 Å². The minimum Gasteiger partial charge on any atom is -0.335 e. The number of hydrogen-bond donors (Lipinski definition) is 2. The van der Waals surface area contributed by atoms with Crippen LogP contribution in [0.15, 0.2) is 18.2 Å². The minimum absolute atomic E-state index is 0.0670. The Kier molecular flexibility index (Phi) is 6.47. The van der Waals surface area contributed by atoms with Crippen LogP contribution in [0.1, 0.15) is 26.3 Å². The molecule has 0 aliphatic carbocycles. The Morgan fingerprint density at radius 1 is 1.28 bits per heavy atom. The molecule has 0 unspecified atom stereocenters. The second-order valence-electron chi connectivity index (χ2n) is 6.78. The van der Waals surface area contributed by atoms with Crippen molar-refractivity contribution in [3.05, 3.63) is 28.8 Å². The molecule has 0 saturated carbocycles. The monoisotopic (exact) mass is 379 g/mol. The molecule has 0 saturated heterocycles. The van der Waals surface area contributed by atoms with Crippen molar-refractivity contribution in [1.82, 2.24) is 4.90 Å². The lowest BCUT2D eigenvalue weighted by Crippen LogP contribution is -2.50. The number of nitrogens with one attached hydrogen (secondary N) is 1. The summed E-state index contributed by atoms with van der Waals surface area (Å²) < 4.78 is 38.5. The lowest BCUT2D eigenvalue weighted by Gasteiger charge is -2.29. The van der Waals surface area contributed by atoms with Gasteiger partial charge in [0.25, 0.3) is 0 Å². The molecule has 140 valence electrons. The van der Waals surface area contributed by atoms with Crippen LogP contribution >= 0.6 is 11.6 Å². The van der Waals surface area contributed by atoms with Gasteiger partial charge in [-0.3, -0.25) is 9.59 Å². The highest BCUT2D eigenvalue weighted by molar-refractivity contribution is 6.31. The number of nitrogens with zero attached hydrogens (tertiary/aromatic N) is 1. The molecule has 0 aromatic heterocycles. The van der Waals surface area contributed by atoms with Gasteiger partial charge in [0.2, 0.25) is 11.8 Å². The molecular formula is C16H21ClF3N3O2. The first kappa shape index (κ1) is 21.2. The molecule has 0 radical (unpaired) electrons.